The van der Waals surface area contributed by atoms with Crippen molar-refractivity contribution < 1.29 is 19.7 Å². The number of para-hydroxylation sites is 1. The minimum Gasteiger partial charge on any atom is -0.508 e. The summed E-state index contributed by atoms with van der Waals surface area (Å²) in [5, 5.41) is 19.8. The van der Waals surface area contributed by atoms with Gasteiger partial charge in [-0.1, -0.05) is 12.1 Å². The number of phenolic OH excluding ortho intramolecular Hbond substituents is 2. The van der Waals surface area contributed by atoms with E-state index in [1.54, 1.807) is 36.4 Å². The molecule has 4 rings (SSSR count). The van der Waals surface area contributed by atoms with Gasteiger partial charge in [0.05, 0.1) is 5.52 Å². The lowest BCUT2D eigenvalue weighted by atomic mass is 10.0. The summed E-state index contributed by atoms with van der Waals surface area (Å²) < 4.78 is 5.95. The highest BCUT2D eigenvalue weighted by molar-refractivity contribution is 5.96. The number of aromatic amines is 1. The predicted molar refractivity (Wildman–Crippen MR) is 112 cm³/mol. The summed E-state index contributed by atoms with van der Waals surface area (Å²) in [5.74, 6) is 1.77. The Bertz CT molecular complexity index is 1130. The van der Waals surface area contributed by atoms with Crippen LogP contribution in [0.15, 0.2) is 72.9 Å². The van der Waals surface area contributed by atoms with E-state index in [-0.39, 0.29) is 17.3 Å². The second-order valence-corrected chi connectivity index (χ2v) is 6.91. The summed E-state index contributed by atoms with van der Waals surface area (Å²) in [4.78, 5) is 15.6. The van der Waals surface area contributed by atoms with Gasteiger partial charge in [0.2, 0.25) is 0 Å². The molecule has 0 amide bonds. The van der Waals surface area contributed by atoms with Crippen molar-refractivity contribution in [3.05, 3.63) is 84.1 Å². The lowest BCUT2D eigenvalue weighted by Gasteiger charge is -2.07. The summed E-state index contributed by atoms with van der Waals surface area (Å²) in [5.41, 5.74) is 2.65. The Morgan fingerprint density at radius 1 is 0.897 bits per heavy atom. The average Bonchev–Trinajstić information content (AvgIpc) is 3.14. The molecule has 29 heavy (non-hydrogen) atoms. The summed E-state index contributed by atoms with van der Waals surface area (Å²) in [6.45, 7) is 0. The van der Waals surface area contributed by atoms with Gasteiger partial charge in [-0.2, -0.15) is 0 Å². The second-order valence-electron chi connectivity index (χ2n) is 6.91. The van der Waals surface area contributed by atoms with Gasteiger partial charge in [0, 0.05) is 23.6 Å². The molecule has 4 aromatic rings. The van der Waals surface area contributed by atoms with Crippen molar-refractivity contribution in [2.45, 2.75) is 19.3 Å². The monoisotopic (exact) mass is 387 g/mol. The van der Waals surface area contributed by atoms with Crippen molar-refractivity contribution in [1.29, 1.82) is 0 Å². The largest absolute Gasteiger partial charge is 0.508 e. The Balaban J connectivity index is 1.44. The molecular weight excluding hydrogens is 366 g/mol. The number of aryl methyl sites for hydroxylation is 1. The van der Waals surface area contributed by atoms with E-state index in [1.807, 2.05) is 24.4 Å². The molecule has 146 valence electrons. The molecule has 3 N–H and O–H groups in total. The van der Waals surface area contributed by atoms with E-state index < -0.39 is 0 Å². The molecule has 0 atom stereocenters. The first-order valence-corrected chi connectivity index (χ1v) is 9.48. The van der Waals surface area contributed by atoms with Gasteiger partial charge in [-0.15, -0.1) is 0 Å². The topological polar surface area (TPSA) is 82.6 Å². The van der Waals surface area contributed by atoms with Crippen LogP contribution in [-0.2, 0) is 6.42 Å². The zero-order chi connectivity index (χ0) is 20.2. The van der Waals surface area contributed by atoms with Gasteiger partial charge in [-0.25, -0.2) is 0 Å². The minimum absolute atomic E-state index is 0.0705. The SMILES string of the molecule is O=C(CCCc1c[nH]c2c(Oc3ccc(O)cc3)cccc12)c1ccc(O)cc1. The van der Waals surface area contributed by atoms with Crippen LogP contribution >= 0.6 is 0 Å². The first-order valence-electron chi connectivity index (χ1n) is 9.48. The van der Waals surface area contributed by atoms with Crippen molar-refractivity contribution in [2.24, 2.45) is 0 Å². The van der Waals surface area contributed by atoms with Crippen LogP contribution in [-0.4, -0.2) is 21.0 Å². The van der Waals surface area contributed by atoms with Gasteiger partial charge in [0.25, 0.3) is 0 Å². The third-order valence-corrected chi connectivity index (χ3v) is 4.87. The van der Waals surface area contributed by atoms with Crippen LogP contribution in [0.5, 0.6) is 23.0 Å². The van der Waals surface area contributed by atoms with Gasteiger partial charge in [-0.3, -0.25) is 4.79 Å². The maximum atomic E-state index is 12.3. The highest BCUT2D eigenvalue weighted by Crippen LogP contribution is 2.32. The van der Waals surface area contributed by atoms with Crippen molar-refractivity contribution >= 4 is 16.7 Å². The molecule has 0 unspecified atom stereocenters. The number of ether oxygens (including phenoxy) is 1. The molecule has 0 fully saturated rings. The lowest BCUT2D eigenvalue weighted by molar-refractivity contribution is 0.0980. The first kappa shape index (κ1) is 18.6. The minimum atomic E-state index is 0.0705. The number of ketones is 1. The number of fused-ring (bicyclic) bond motifs is 1. The average molecular weight is 387 g/mol. The van der Waals surface area contributed by atoms with E-state index in [0.717, 1.165) is 29.3 Å². The Labute approximate surface area is 168 Å². The summed E-state index contributed by atoms with van der Waals surface area (Å²) >= 11 is 0. The normalized spacial score (nSPS) is 10.9. The maximum absolute atomic E-state index is 12.3. The first-order chi connectivity index (χ1) is 14.1. The number of carbonyl (C=O) groups is 1. The van der Waals surface area contributed by atoms with Crippen molar-refractivity contribution in [2.75, 3.05) is 0 Å². The van der Waals surface area contributed by atoms with Gasteiger partial charge >= 0.3 is 0 Å². The maximum Gasteiger partial charge on any atom is 0.162 e. The van der Waals surface area contributed by atoms with Gasteiger partial charge in [-0.05, 0) is 73.0 Å². The van der Waals surface area contributed by atoms with E-state index in [1.165, 1.54) is 12.1 Å². The van der Waals surface area contributed by atoms with Crippen molar-refractivity contribution in [3.63, 3.8) is 0 Å². The number of phenols is 2. The molecule has 3 aromatic carbocycles. The van der Waals surface area contributed by atoms with Crippen LogP contribution < -0.4 is 4.74 Å². The van der Waals surface area contributed by atoms with Crippen LogP contribution in [0.4, 0.5) is 0 Å². The Hall–Kier alpha value is -3.73. The van der Waals surface area contributed by atoms with Crippen molar-refractivity contribution in [3.8, 4) is 23.0 Å². The van der Waals surface area contributed by atoms with Crippen LogP contribution in [0, 0.1) is 0 Å². The number of rotatable bonds is 7. The molecular formula is C24H21NO4. The molecule has 0 saturated heterocycles. The zero-order valence-corrected chi connectivity index (χ0v) is 15.8. The Morgan fingerprint density at radius 3 is 2.31 bits per heavy atom. The van der Waals surface area contributed by atoms with Crippen LogP contribution in [0.2, 0.25) is 0 Å². The quantitative estimate of drug-likeness (QED) is 0.362. The molecule has 1 aromatic heterocycles. The number of carbonyl (C=O) groups excluding carboxylic acids is 1. The smallest absolute Gasteiger partial charge is 0.162 e. The van der Waals surface area contributed by atoms with Crippen LogP contribution in [0.1, 0.15) is 28.8 Å². The molecule has 0 saturated carbocycles. The zero-order valence-electron chi connectivity index (χ0n) is 15.8. The lowest BCUT2D eigenvalue weighted by Crippen LogP contribution is -1.99. The molecule has 1 heterocycles. The summed E-state index contributed by atoms with van der Waals surface area (Å²) in [7, 11) is 0. The molecule has 0 bridgehead atoms. The summed E-state index contributed by atoms with van der Waals surface area (Å²) in [6.07, 6.45) is 3.91. The fraction of sp³-hybridized carbons (Fsp3) is 0.125. The highest BCUT2D eigenvalue weighted by atomic mass is 16.5. The third kappa shape index (κ3) is 4.24. The van der Waals surface area contributed by atoms with E-state index in [2.05, 4.69) is 4.98 Å². The fourth-order valence-electron chi connectivity index (χ4n) is 3.35. The standard InChI is InChI=1S/C24H21NO4/c26-18-9-7-16(8-10-18)22(28)5-1-3-17-15-25-24-21(17)4-2-6-23(24)29-20-13-11-19(27)12-14-20/h2,4,6-15,25-27H,1,3,5H2. The number of hydrogen-bond donors (Lipinski definition) is 3. The third-order valence-electron chi connectivity index (χ3n) is 4.87. The van der Waals surface area contributed by atoms with Gasteiger partial charge in [0.15, 0.2) is 11.5 Å². The summed E-state index contributed by atoms with van der Waals surface area (Å²) in [6, 6.07) is 18.8. The highest BCUT2D eigenvalue weighted by Gasteiger charge is 2.11. The van der Waals surface area contributed by atoms with Gasteiger partial charge < -0.3 is 19.9 Å². The molecule has 0 spiro atoms. The Morgan fingerprint density at radius 2 is 1.59 bits per heavy atom. The molecule has 5 nitrogen and oxygen atoms in total. The van der Waals surface area contributed by atoms with Gasteiger partial charge in [0.1, 0.15) is 17.2 Å². The van der Waals surface area contributed by atoms with Crippen molar-refractivity contribution in [1.82, 2.24) is 4.98 Å². The van der Waals surface area contributed by atoms with E-state index >= 15 is 0 Å². The Kier molecular flexibility index (Phi) is 5.20. The van der Waals surface area contributed by atoms with E-state index in [9.17, 15) is 15.0 Å². The van der Waals surface area contributed by atoms with E-state index in [4.69, 9.17) is 4.74 Å². The van der Waals surface area contributed by atoms with Crippen LogP contribution in [0.25, 0.3) is 10.9 Å². The number of aromatic hydroxyl groups is 2. The second kappa shape index (κ2) is 8.10. The number of Topliss-reactive ketones (excluding diaryl/α,β-unsaturated/α-hetero) is 1. The fourth-order valence-corrected chi connectivity index (χ4v) is 3.35. The number of benzene rings is 3. The number of aromatic nitrogens is 1. The van der Waals surface area contributed by atoms with Crippen LogP contribution in [0.3, 0.4) is 0 Å². The molecule has 0 radical (unpaired) electrons. The molecule has 0 aliphatic rings. The molecule has 0 aliphatic carbocycles. The molecule has 0 aliphatic heterocycles. The number of hydrogen-bond acceptors (Lipinski definition) is 4. The number of nitrogens with one attached hydrogen (secondary N) is 1. The number of H-pyrrole nitrogens is 1. The van der Waals surface area contributed by atoms with E-state index in [0.29, 0.717) is 23.5 Å². The molecule has 5 heteroatoms. The predicted octanol–water partition coefficient (Wildman–Crippen LogP) is 5.58.